The maximum atomic E-state index is 13.0. The molecule has 1 heterocycles. The second-order valence-electron chi connectivity index (χ2n) is 4.19. The maximum Gasteiger partial charge on any atom is 0.339 e. The quantitative estimate of drug-likeness (QED) is 0.778. The number of carboxylic acid groups (broad SMARTS) is 1. The van der Waals surface area contributed by atoms with Gasteiger partial charge >= 0.3 is 5.97 Å². The summed E-state index contributed by atoms with van der Waals surface area (Å²) in [6, 6.07) is 8.11. The SMILES string of the molecule is O=C(O)c1cc(F)cnc1NCc1cccc(CO)c1. The fourth-order valence-corrected chi connectivity index (χ4v) is 1.77. The van der Waals surface area contributed by atoms with Crippen molar-refractivity contribution in [2.24, 2.45) is 0 Å². The van der Waals surface area contributed by atoms with Crippen molar-refractivity contribution in [3.63, 3.8) is 0 Å². The monoisotopic (exact) mass is 276 g/mol. The van der Waals surface area contributed by atoms with Crippen molar-refractivity contribution in [3.05, 3.63) is 59.0 Å². The number of nitrogens with one attached hydrogen (secondary N) is 1. The van der Waals surface area contributed by atoms with E-state index < -0.39 is 11.8 Å². The molecule has 0 bridgehead atoms. The Morgan fingerprint density at radius 3 is 2.75 bits per heavy atom. The third kappa shape index (κ3) is 3.30. The van der Waals surface area contributed by atoms with Crippen LogP contribution < -0.4 is 5.32 Å². The van der Waals surface area contributed by atoms with E-state index in [1.807, 2.05) is 6.07 Å². The van der Waals surface area contributed by atoms with Crippen molar-refractivity contribution in [1.82, 2.24) is 4.98 Å². The van der Waals surface area contributed by atoms with Gasteiger partial charge in [-0.3, -0.25) is 0 Å². The summed E-state index contributed by atoms with van der Waals surface area (Å²) >= 11 is 0. The van der Waals surface area contributed by atoms with Gasteiger partial charge in [0.25, 0.3) is 0 Å². The van der Waals surface area contributed by atoms with Crippen molar-refractivity contribution in [1.29, 1.82) is 0 Å². The maximum absolute atomic E-state index is 13.0. The van der Waals surface area contributed by atoms with Gasteiger partial charge in [-0.25, -0.2) is 14.2 Å². The summed E-state index contributed by atoms with van der Waals surface area (Å²) in [6.45, 7) is 0.260. The number of nitrogens with zero attached hydrogens (tertiary/aromatic N) is 1. The molecule has 0 aliphatic carbocycles. The molecule has 0 fully saturated rings. The van der Waals surface area contributed by atoms with Gasteiger partial charge in [0.2, 0.25) is 0 Å². The van der Waals surface area contributed by atoms with E-state index in [9.17, 15) is 9.18 Å². The van der Waals surface area contributed by atoms with Gasteiger partial charge in [0.05, 0.1) is 12.8 Å². The van der Waals surface area contributed by atoms with Crippen LogP contribution in [0, 0.1) is 5.82 Å². The Labute approximate surface area is 114 Å². The summed E-state index contributed by atoms with van der Waals surface area (Å²) in [4.78, 5) is 14.7. The number of benzene rings is 1. The minimum Gasteiger partial charge on any atom is -0.478 e. The van der Waals surface area contributed by atoms with Crippen molar-refractivity contribution in [2.45, 2.75) is 13.2 Å². The second kappa shape index (κ2) is 6.12. The molecule has 0 amide bonds. The van der Waals surface area contributed by atoms with Crippen molar-refractivity contribution in [2.75, 3.05) is 5.32 Å². The van der Waals surface area contributed by atoms with E-state index >= 15 is 0 Å². The van der Waals surface area contributed by atoms with Crippen LogP contribution in [0.25, 0.3) is 0 Å². The van der Waals surface area contributed by atoms with Gasteiger partial charge in [-0.1, -0.05) is 24.3 Å². The lowest BCUT2D eigenvalue weighted by Crippen LogP contribution is -2.09. The summed E-state index contributed by atoms with van der Waals surface area (Å²) in [5.74, 6) is -1.84. The number of carboxylic acids is 1. The van der Waals surface area contributed by atoms with E-state index in [0.29, 0.717) is 6.54 Å². The largest absolute Gasteiger partial charge is 0.478 e. The van der Waals surface area contributed by atoms with E-state index in [1.54, 1.807) is 18.2 Å². The molecule has 0 saturated heterocycles. The van der Waals surface area contributed by atoms with E-state index in [2.05, 4.69) is 10.3 Å². The average Bonchev–Trinajstić information content (AvgIpc) is 2.46. The molecule has 0 unspecified atom stereocenters. The Bertz CT molecular complexity index is 632. The highest BCUT2D eigenvalue weighted by atomic mass is 19.1. The molecule has 5 nitrogen and oxygen atoms in total. The first kappa shape index (κ1) is 14.0. The molecular formula is C14H13FN2O3. The molecule has 0 radical (unpaired) electrons. The highest BCUT2D eigenvalue weighted by molar-refractivity contribution is 5.93. The highest BCUT2D eigenvalue weighted by Crippen LogP contribution is 2.15. The number of aliphatic hydroxyl groups is 1. The zero-order valence-corrected chi connectivity index (χ0v) is 10.5. The molecule has 0 aliphatic rings. The third-order valence-corrected chi connectivity index (χ3v) is 2.72. The van der Waals surface area contributed by atoms with Crippen LogP contribution in [0.2, 0.25) is 0 Å². The van der Waals surface area contributed by atoms with Crippen LogP contribution in [0.5, 0.6) is 0 Å². The van der Waals surface area contributed by atoms with Crippen LogP contribution in [0.15, 0.2) is 36.5 Å². The van der Waals surface area contributed by atoms with Crippen LogP contribution in [-0.4, -0.2) is 21.2 Å². The number of aromatic nitrogens is 1. The number of aliphatic hydroxyl groups excluding tert-OH is 1. The molecule has 0 aliphatic heterocycles. The van der Waals surface area contributed by atoms with E-state index in [0.717, 1.165) is 23.4 Å². The minimum absolute atomic E-state index is 0.0665. The molecule has 0 saturated carbocycles. The summed E-state index contributed by atoms with van der Waals surface area (Å²) in [7, 11) is 0. The topological polar surface area (TPSA) is 82.5 Å². The van der Waals surface area contributed by atoms with Crippen molar-refractivity contribution in [3.8, 4) is 0 Å². The van der Waals surface area contributed by atoms with Gasteiger partial charge in [0.1, 0.15) is 17.2 Å². The number of anilines is 1. The average molecular weight is 276 g/mol. The standard InChI is InChI=1S/C14H13FN2O3/c15-11-5-12(14(19)20)13(17-7-11)16-6-9-2-1-3-10(4-9)8-18/h1-5,7,18H,6,8H2,(H,16,17)(H,19,20). The number of halogens is 1. The van der Waals surface area contributed by atoms with Crippen LogP contribution in [-0.2, 0) is 13.2 Å². The van der Waals surface area contributed by atoms with Gasteiger partial charge < -0.3 is 15.5 Å². The number of carbonyl (C=O) groups is 1. The smallest absolute Gasteiger partial charge is 0.339 e. The lowest BCUT2D eigenvalue weighted by molar-refractivity contribution is 0.0697. The Morgan fingerprint density at radius 1 is 1.30 bits per heavy atom. The van der Waals surface area contributed by atoms with Crippen LogP contribution >= 0.6 is 0 Å². The fourth-order valence-electron chi connectivity index (χ4n) is 1.77. The van der Waals surface area contributed by atoms with Crippen LogP contribution in [0.3, 0.4) is 0 Å². The summed E-state index contributed by atoms with van der Waals surface area (Å²) in [5, 5.41) is 20.9. The molecule has 2 aromatic rings. The molecule has 104 valence electrons. The minimum atomic E-state index is -1.25. The lowest BCUT2D eigenvalue weighted by Gasteiger charge is -2.09. The Kier molecular flexibility index (Phi) is 4.27. The zero-order chi connectivity index (χ0) is 14.5. The predicted molar refractivity (Wildman–Crippen MR) is 70.8 cm³/mol. The molecule has 6 heteroatoms. The number of hydrogen-bond donors (Lipinski definition) is 3. The zero-order valence-electron chi connectivity index (χ0n) is 10.5. The van der Waals surface area contributed by atoms with E-state index in [-0.39, 0.29) is 18.0 Å². The fraction of sp³-hybridized carbons (Fsp3) is 0.143. The van der Waals surface area contributed by atoms with Gasteiger partial charge in [-0.05, 0) is 17.2 Å². The summed E-state index contributed by atoms with van der Waals surface area (Å²) < 4.78 is 13.0. The number of aromatic carboxylic acids is 1. The Hall–Kier alpha value is -2.47. The van der Waals surface area contributed by atoms with Gasteiger partial charge in [-0.2, -0.15) is 0 Å². The highest BCUT2D eigenvalue weighted by Gasteiger charge is 2.12. The van der Waals surface area contributed by atoms with Gasteiger partial charge in [0.15, 0.2) is 0 Å². The Morgan fingerprint density at radius 2 is 2.05 bits per heavy atom. The molecule has 0 atom stereocenters. The normalized spacial score (nSPS) is 10.3. The lowest BCUT2D eigenvalue weighted by atomic mass is 10.1. The van der Waals surface area contributed by atoms with Gasteiger partial charge in [0, 0.05) is 6.54 Å². The molecule has 0 spiro atoms. The first-order valence-corrected chi connectivity index (χ1v) is 5.91. The first-order valence-electron chi connectivity index (χ1n) is 5.91. The second-order valence-corrected chi connectivity index (χ2v) is 4.19. The molecule has 2 rings (SSSR count). The van der Waals surface area contributed by atoms with E-state index in [1.165, 1.54) is 0 Å². The Balaban J connectivity index is 2.16. The molecule has 3 N–H and O–H groups in total. The third-order valence-electron chi connectivity index (χ3n) is 2.72. The van der Waals surface area contributed by atoms with Gasteiger partial charge in [-0.15, -0.1) is 0 Å². The number of hydrogen-bond acceptors (Lipinski definition) is 4. The molecule has 1 aromatic heterocycles. The molecular weight excluding hydrogens is 263 g/mol. The van der Waals surface area contributed by atoms with Crippen LogP contribution in [0.4, 0.5) is 10.2 Å². The van der Waals surface area contributed by atoms with Crippen molar-refractivity contribution < 1.29 is 19.4 Å². The summed E-state index contributed by atoms with van der Waals surface area (Å²) in [6.07, 6.45) is 0.957. The first-order chi connectivity index (χ1) is 9.60. The number of rotatable bonds is 5. The molecule has 20 heavy (non-hydrogen) atoms. The summed E-state index contributed by atoms with van der Waals surface area (Å²) in [5.41, 5.74) is 1.40. The van der Waals surface area contributed by atoms with Crippen molar-refractivity contribution >= 4 is 11.8 Å². The van der Waals surface area contributed by atoms with Crippen LogP contribution in [0.1, 0.15) is 21.5 Å². The number of pyridine rings is 1. The molecule has 1 aromatic carbocycles. The van der Waals surface area contributed by atoms with E-state index in [4.69, 9.17) is 10.2 Å². The predicted octanol–water partition coefficient (Wildman–Crippen LogP) is 2.02.